The predicted octanol–water partition coefficient (Wildman–Crippen LogP) is 5.51. The van der Waals surface area contributed by atoms with Gasteiger partial charge in [-0.3, -0.25) is 4.79 Å². The second-order valence-corrected chi connectivity index (χ2v) is 6.18. The van der Waals surface area contributed by atoms with Crippen molar-refractivity contribution in [2.75, 3.05) is 11.9 Å². The van der Waals surface area contributed by atoms with Crippen molar-refractivity contribution in [2.45, 2.75) is 46.5 Å². The molecule has 0 unspecified atom stereocenters. The van der Waals surface area contributed by atoms with Crippen molar-refractivity contribution in [3.8, 4) is 5.75 Å². The van der Waals surface area contributed by atoms with E-state index in [2.05, 4.69) is 18.3 Å². The summed E-state index contributed by atoms with van der Waals surface area (Å²) in [5.41, 5.74) is 3.65. The first kappa shape index (κ1) is 18.1. The zero-order chi connectivity index (χ0) is 17.4. The van der Waals surface area contributed by atoms with E-state index in [0.29, 0.717) is 17.9 Å². The van der Waals surface area contributed by atoms with Gasteiger partial charge in [-0.15, -0.1) is 0 Å². The van der Waals surface area contributed by atoms with Crippen LogP contribution in [0.4, 0.5) is 5.69 Å². The van der Waals surface area contributed by atoms with Crippen molar-refractivity contribution in [3.63, 3.8) is 0 Å². The number of nitrogens with one attached hydrogen (secondary N) is 1. The Kier molecular flexibility index (Phi) is 6.86. The quantitative estimate of drug-likeness (QED) is 0.649. The molecule has 0 atom stereocenters. The third-order valence-corrected chi connectivity index (χ3v) is 4.02. The van der Waals surface area contributed by atoms with Crippen LogP contribution in [0.1, 0.15) is 54.1 Å². The van der Waals surface area contributed by atoms with Gasteiger partial charge in [0.05, 0.1) is 12.2 Å². The Morgan fingerprint density at radius 3 is 2.58 bits per heavy atom. The fraction of sp³-hybridized carbons (Fsp3) is 0.381. The molecule has 0 aliphatic heterocycles. The largest absolute Gasteiger partial charge is 0.493 e. The lowest BCUT2D eigenvalue weighted by molar-refractivity contribution is 0.102. The second-order valence-electron chi connectivity index (χ2n) is 6.18. The zero-order valence-corrected chi connectivity index (χ0v) is 14.9. The van der Waals surface area contributed by atoms with Crippen molar-refractivity contribution < 1.29 is 9.53 Å². The number of rotatable bonds is 8. The van der Waals surface area contributed by atoms with Gasteiger partial charge in [0.25, 0.3) is 5.91 Å². The molecule has 0 saturated carbocycles. The Labute approximate surface area is 145 Å². The summed E-state index contributed by atoms with van der Waals surface area (Å²) in [5, 5.41) is 2.99. The summed E-state index contributed by atoms with van der Waals surface area (Å²) >= 11 is 0. The van der Waals surface area contributed by atoms with E-state index in [-0.39, 0.29) is 5.91 Å². The maximum Gasteiger partial charge on any atom is 0.259 e. The molecule has 2 aromatic carbocycles. The molecule has 0 bridgehead atoms. The molecule has 24 heavy (non-hydrogen) atoms. The lowest BCUT2D eigenvalue weighted by Gasteiger charge is -2.13. The lowest BCUT2D eigenvalue weighted by atomic mass is 10.1. The molecule has 0 aliphatic carbocycles. The number of amides is 1. The summed E-state index contributed by atoms with van der Waals surface area (Å²) in [7, 11) is 0. The summed E-state index contributed by atoms with van der Waals surface area (Å²) in [5.74, 6) is 0.516. The summed E-state index contributed by atoms with van der Waals surface area (Å²) in [6.45, 7) is 6.88. The molecule has 1 N–H and O–H groups in total. The van der Waals surface area contributed by atoms with Gasteiger partial charge < -0.3 is 10.1 Å². The molecular formula is C21H27NO2. The molecule has 0 aliphatic rings. The Morgan fingerprint density at radius 1 is 1.04 bits per heavy atom. The van der Waals surface area contributed by atoms with Gasteiger partial charge in [0, 0.05) is 5.69 Å². The minimum atomic E-state index is -0.133. The van der Waals surface area contributed by atoms with E-state index < -0.39 is 0 Å². The van der Waals surface area contributed by atoms with Crippen LogP contribution in [0.3, 0.4) is 0 Å². The van der Waals surface area contributed by atoms with Crippen molar-refractivity contribution >= 4 is 11.6 Å². The highest BCUT2D eigenvalue weighted by Gasteiger charge is 2.13. The van der Waals surface area contributed by atoms with Crippen molar-refractivity contribution in [1.29, 1.82) is 0 Å². The first-order valence-corrected chi connectivity index (χ1v) is 8.72. The van der Waals surface area contributed by atoms with Crippen molar-refractivity contribution in [1.82, 2.24) is 0 Å². The third-order valence-electron chi connectivity index (χ3n) is 4.02. The fourth-order valence-corrected chi connectivity index (χ4v) is 2.63. The number of carbonyl (C=O) groups excluding carboxylic acids is 1. The van der Waals surface area contributed by atoms with E-state index in [9.17, 15) is 4.79 Å². The van der Waals surface area contributed by atoms with E-state index >= 15 is 0 Å². The van der Waals surface area contributed by atoms with Crippen LogP contribution in [0.15, 0.2) is 42.5 Å². The number of para-hydroxylation sites is 1. The highest BCUT2D eigenvalue weighted by molar-refractivity contribution is 6.06. The highest BCUT2D eigenvalue weighted by Crippen LogP contribution is 2.22. The van der Waals surface area contributed by atoms with E-state index in [1.165, 1.54) is 18.4 Å². The van der Waals surface area contributed by atoms with Crippen LogP contribution >= 0.6 is 0 Å². The maximum atomic E-state index is 12.6. The van der Waals surface area contributed by atoms with E-state index in [0.717, 1.165) is 24.1 Å². The topological polar surface area (TPSA) is 38.3 Å². The molecule has 2 rings (SSSR count). The molecule has 0 saturated heterocycles. The minimum Gasteiger partial charge on any atom is -0.493 e. The van der Waals surface area contributed by atoms with Crippen LogP contribution in [-0.2, 0) is 0 Å². The molecule has 0 fully saturated rings. The van der Waals surface area contributed by atoms with Gasteiger partial charge in [0.2, 0.25) is 0 Å². The number of ether oxygens (including phenoxy) is 1. The second kappa shape index (κ2) is 9.11. The molecule has 128 valence electrons. The standard InChI is InChI=1S/C21H27NO2/c1-4-5-6-9-14-24-20-11-8-7-10-18(20)21(23)22-19-13-12-16(2)15-17(19)3/h7-8,10-13,15H,4-6,9,14H2,1-3H3,(H,22,23). The van der Waals surface area contributed by atoms with Gasteiger partial charge >= 0.3 is 0 Å². The van der Waals surface area contributed by atoms with Gasteiger partial charge in [0.1, 0.15) is 5.75 Å². The fourth-order valence-electron chi connectivity index (χ4n) is 2.63. The molecule has 3 heteroatoms. The molecule has 1 amide bonds. The number of carbonyl (C=O) groups is 1. The number of unbranched alkanes of at least 4 members (excludes halogenated alkanes) is 3. The van der Waals surface area contributed by atoms with Crippen molar-refractivity contribution in [2.24, 2.45) is 0 Å². The predicted molar refractivity (Wildman–Crippen MR) is 99.9 cm³/mol. The van der Waals surface area contributed by atoms with Crippen molar-refractivity contribution in [3.05, 3.63) is 59.2 Å². The smallest absolute Gasteiger partial charge is 0.259 e. The summed E-state index contributed by atoms with van der Waals surface area (Å²) < 4.78 is 5.83. The van der Waals surface area contributed by atoms with E-state index in [1.807, 2.05) is 44.2 Å². The minimum absolute atomic E-state index is 0.133. The number of benzene rings is 2. The molecule has 0 aromatic heterocycles. The number of hydrogen-bond acceptors (Lipinski definition) is 2. The molecule has 0 heterocycles. The van der Waals surface area contributed by atoms with Gasteiger partial charge in [0.15, 0.2) is 0 Å². The van der Waals surface area contributed by atoms with Crippen LogP contribution in [-0.4, -0.2) is 12.5 Å². The molecule has 0 radical (unpaired) electrons. The van der Waals surface area contributed by atoms with Gasteiger partial charge in [-0.2, -0.15) is 0 Å². The first-order valence-electron chi connectivity index (χ1n) is 8.72. The average Bonchev–Trinajstić information content (AvgIpc) is 2.57. The number of hydrogen-bond donors (Lipinski definition) is 1. The van der Waals surface area contributed by atoms with Gasteiger partial charge in [-0.1, -0.05) is 56.0 Å². The van der Waals surface area contributed by atoms with Crippen LogP contribution in [0.25, 0.3) is 0 Å². The van der Waals surface area contributed by atoms with Crippen LogP contribution in [0.2, 0.25) is 0 Å². The first-order chi connectivity index (χ1) is 11.6. The Morgan fingerprint density at radius 2 is 1.83 bits per heavy atom. The van der Waals surface area contributed by atoms with Crippen LogP contribution in [0.5, 0.6) is 5.75 Å². The van der Waals surface area contributed by atoms with E-state index in [4.69, 9.17) is 4.74 Å². The highest BCUT2D eigenvalue weighted by atomic mass is 16.5. The Hall–Kier alpha value is -2.29. The van der Waals surface area contributed by atoms with Gasteiger partial charge in [-0.25, -0.2) is 0 Å². The summed E-state index contributed by atoms with van der Waals surface area (Å²) in [6, 6.07) is 13.4. The average molecular weight is 325 g/mol. The maximum absolute atomic E-state index is 12.6. The van der Waals surface area contributed by atoms with Crippen LogP contribution < -0.4 is 10.1 Å². The normalized spacial score (nSPS) is 10.5. The monoisotopic (exact) mass is 325 g/mol. The number of anilines is 1. The molecule has 2 aromatic rings. The Balaban J connectivity index is 2.03. The summed E-state index contributed by atoms with van der Waals surface area (Å²) in [4.78, 5) is 12.6. The molecule has 0 spiro atoms. The lowest BCUT2D eigenvalue weighted by Crippen LogP contribution is -2.14. The zero-order valence-electron chi connectivity index (χ0n) is 14.9. The number of aryl methyl sites for hydroxylation is 2. The van der Waals surface area contributed by atoms with E-state index in [1.54, 1.807) is 6.07 Å². The Bertz CT molecular complexity index is 679. The van der Waals surface area contributed by atoms with Gasteiger partial charge in [-0.05, 0) is 44.0 Å². The molecule has 3 nitrogen and oxygen atoms in total. The van der Waals surface area contributed by atoms with Crippen LogP contribution in [0, 0.1) is 13.8 Å². The summed E-state index contributed by atoms with van der Waals surface area (Å²) in [6.07, 6.45) is 4.60. The SMILES string of the molecule is CCCCCCOc1ccccc1C(=O)Nc1ccc(C)cc1C. The molecular weight excluding hydrogens is 298 g/mol. The third kappa shape index (κ3) is 5.12.